The van der Waals surface area contributed by atoms with Crippen LogP contribution < -0.4 is 0 Å². The van der Waals surface area contributed by atoms with Gasteiger partial charge in [-0.15, -0.1) is 0 Å². The van der Waals surface area contributed by atoms with Crippen molar-refractivity contribution < 1.29 is 0 Å². The summed E-state index contributed by atoms with van der Waals surface area (Å²) < 4.78 is 0. The van der Waals surface area contributed by atoms with E-state index in [-0.39, 0.29) is 0 Å². The topological polar surface area (TPSA) is 0 Å². The van der Waals surface area contributed by atoms with E-state index >= 15 is 0 Å². The van der Waals surface area contributed by atoms with Crippen molar-refractivity contribution in [2.45, 2.75) is 73.6 Å². The number of hydrogen-bond acceptors (Lipinski definition) is 0. The van der Waals surface area contributed by atoms with E-state index in [4.69, 9.17) is 0 Å². The maximum Gasteiger partial charge on any atom is -0.0273 e. The Bertz CT molecular complexity index is 142. The minimum atomic E-state index is 0.409. The van der Waals surface area contributed by atoms with Crippen LogP contribution in [0.3, 0.4) is 0 Å². The molecular weight excluding hydrogens is 168 g/mol. The lowest BCUT2D eigenvalue weighted by Gasteiger charge is -2.34. The Morgan fingerprint density at radius 3 is 1.71 bits per heavy atom. The third-order valence-corrected chi connectivity index (χ3v) is 2.85. The van der Waals surface area contributed by atoms with Crippen LogP contribution in [0.25, 0.3) is 0 Å². The van der Waals surface area contributed by atoms with Crippen molar-refractivity contribution >= 4 is 0 Å². The molecule has 0 nitrogen and oxygen atoms in total. The van der Waals surface area contributed by atoms with Gasteiger partial charge in [0.1, 0.15) is 0 Å². The second kappa shape index (κ2) is 5.78. The molecule has 0 rings (SSSR count). The highest BCUT2D eigenvalue weighted by atomic mass is 14.3. The van der Waals surface area contributed by atoms with E-state index in [1.807, 2.05) is 0 Å². The summed E-state index contributed by atoms with van der Waals surface area (Å²) in [5.74, 6) is 0. The molecule has 0 saturated heterocycles. The lowest BCUT2D eigenvalue weighted by atomic mass is 9.71. The Hall–Kier alpha value is 0. The average molecular weight is 197 g/mol. The number of hydrogen-bond donors (Lipinski definition) is 0. The Balaban J connectivity index is 4.05. The van der Waals surface area contributed by atoms with Gasteiger partial charge < -0.3 is 0 Å². The second-order valence-electron chi connectivity index (χ2n) is 5.98. The van der Waals surface area contributed by atoms with Gasteiger partial charge in [0.2, 0.25) is 0 Å². The number of rotatable bonds is 7. The molecule has 0 fully saturated rings. The van der Waals surface area contributed by atoms with Crippen LogP contribution in [0, 0.1) is 17.3 Å². The highest BCUT2D eigenvalue weighted by Gasteiger charge is 2.27. The van der Waals surface area contributed by atoms with Crippen molar-refractivity contribution in [2.75, 3.05) is 0 Å². The zero-order valence-corrected chi connectivity index (χ0v) is 11.1. The molecular formula is C14H29. The van der Waals surface area contributed by atoms with E-state index in [9.17, 15) is 0 Å². The summed E-state index contributed by atoms with van der Waals surface area (Å²) >= 11 is 0. The fraction of sp³-hybridized carbons (Fsp3) is 0.929. The van der Waals surface area contributed by atoms with Crippen molar-refractivity contribution in [3.05, 3.63) is 6.42 Å². The molecule has 0 spiro atoms. The van der Waals surface area contributed by atoms with Crippen LogP contribution in [-0.2, 0) is 0 Å². The standard InChI is InChI=1S/C14H29/c1-7-9-11-14(5,6)12-13(3,4)10-8-2/h12H,7-11H2,1-6H3. The summed E-state index contributed by atoms with van der Waals surface area (Å²) in [4.78, 5) is 0. The first-order chi connectivity index (χ1) is 6.33. The minimum absolute atomic E-state index is 0.409. The molecule has 0 aliphatic carbocycles. The summed E-state index contributed by atoms with van der Waals surface area (Å²) in [6, 6.07) is 0. The zero-order chi connectivity index (χ0) is 11.2. The highest BCUT2D eigenvalue weighted by Crippen LogP contribution is 2.38. The molecule has 0 N–H and O–H groups in total. The molecule has 0 heteroatoms. The monoisotopic (exact) mass is 197 g/mol. The molecule has 1 radical (unpaired) electrons. The Kier molecular flexibility index (Phi) is 5.78. The second-order valence-corrected chi connectivity index (χ2v) is 5.98. The molecule has 0 aromatic heterocycles. The molecule has 0 unspecified atom stereocenters. The molecule has 0 aromatic rings. The highest BCUT2D eigenvalue weighted by molar-refractivity contribution is 4.95. The van der Waals surface area contributed by atoms with Crippen LogP contribution in [0.2, 0.25) is 0 Å². The average Bonchev–Trinajstić information content (AvgIpc) is 1.98. The van der Waals surface area contributed by atoms with Gasteiger partial charge >= 0.3 is 0 Å². The molecule has 0 atom stereocenters. The Morgan fingerprint density at radius 2 is 1.29 bits per heavy atom. The Labute approximate surface area is 91.5 Å². The first-order valence-electron chi connectivity index (χ1n) is 6.20. The molecule has 0 aliphatic heterocycles. The smallest absolute Gasteiger partial charge is 0.0273 e. The maximum absolute atomic E-state index is 2.57. The van der Waals surface area contributed by atoms with E-state index in [0.29, 0.717) is 10.8 Å². The summed E-state index contributed by atoms with van der Waals surface area (Å²) in [6.07, 6.45) is 9.16. The normalized spacial score (nSPS) is 13.3. The summed E-state index contributed by atoms with van der Waals surface area (Å²) in [6.45, 7) is 14.0. The summed E-state index contributed by atoms with van der Waals surface area (Å²) in [5, 5.41) is 0. The predicted octanol–water partition coefficient (Wildman–Crippen LogP) is 5.23. The molecule has 85 valence electrons. The lowest BCUT2D eigenvalue weighted by molar-refractivity contribution is 0.267. The van der Waals surface area contributed by atoms with E-state index in [1.54, 1.807) is 0 Å². The van der Waals surface area contributed by atoms with Crippen molar-refractivity contribution in [1.29, 1.82) is 0 Å². The summed E-state index contributed by atoms with van der Waals surface area (Å²) in [7, 11) is 0. The molecule has 0 heterocycles. The Morgan fingerprint density at radius 1 is 0.786 bits per heavy atom. The van der Waals surface area contributed by atoms with Gasteiger partial charge in [0.15, 0.2) is 0 Å². The molecule has 0 aromatic carbocycles. The van der Waals surface area contributed by atoms with Crippen molar-refractivity contribution in [3.63, 3.8) is 0 Å². The first kappa shape index (κ1) is 14.0. The first-order valence-corrected chi connectivity index (χ1v) is 6.20. The largest absolute Gasteiger partial charge is 0.0654 e. The fourth-order valence-electron chi connectivity index (χ4n) is 2.48. The van der Waals surface area contributed by atoms with Crippen molar-refractivity contribution in [1.82, 2.24) is 0 Å². The molecule has 0 amide bonds. The van der Waals surface area contributed by atoms with E-state index < -0.39 is 0 Å². The SMILES string of the molecule is CCCCC(C)(C)[CH]C(C)(C)CCC. The van der Waals surface area contributed by atoms with Crippen LogP contribution in [0.4, 0.5) is 0 Å². The van der Waals surface area contributed by atoms with Crippen LogP contribution in [0.1, 0.15) is 73.6 Å². The quantitative estimate of drug-likeness (QED) is 0.524. The molecule has 14 heavy (non-hydrogen) atoms. The number of unbranched alkanes of at least 4 members (excludes halogenated alkanes) is 1. The van der Waals surface area contributed by atoms with E-state index in [1.165, 1.54) is 32.1 Å². The third-order valence-electron chi connectivity index (χ3n) is 2.85. The van der Waals surface area contributed by atoms with Gasteiger partial charge in [-0.2, -0.15) is 0 Å². The van der Waals surface area contributed by atoms with Gasteiger partial charge in [-0.1, -0.05) is 60.8 Å². The van der Waals surface area contributed by atoms with Crippen LogP contribution in [-0.4, -0.2) is 0 Å². The molecule has 0 aliphatic rings. The van der Waals surface area contributed by atoms with Gasteiger partial charge in [0.25, 0.3) is 0 Å². The van der Waals surface area contributed by atoms with E-state index in [0.717, 1.165) is 0 Å². The van der Waals surface area contributed by atoms with Gasteiger partial charge in [-0.05, 0) is 30.1 Å². The van der Waals surface area contributed by atoms with Gasteiger partial charge in [0, 0.05) is 0 Å². The van der Waals surface area contributed by atoms with Crippen LogP contribution >= 0.6 is 0 Å². The zero-order valence-electron chi connectivity index (χ0n) is 11.1. The third kappa shape index (κ3) is 6.45. The van der Waals surface area contributed by atoms with Crippen molar-refractivity contribution in [2.24, 2.45) is 10.8 Å². The molecule has 0 bridgehead atoms. The van der Waals surface area contributed by atoms with Crippen molar-refractivity contribution in [3.8, 4) is 0 Å². The van der Waals surface area contributed by atoms with Gasteiger partial charge in [-0.25, -0.2) is 0 Å². The fourth-order valence-corrected chi connectivity index (χ4v) is 2.48. The van der Waals surface area contributed by atoms with Gasteiger partial charge in [-0.3, -0.25) is 0 Å². The predicted molar refractivity (Wildman–Crippen MR) is 66.3 cm³/mol. The maximum atomic E-state index is 2.57. The van der Waals surface area contributed by atoms with E-state index in [2.05, 4.69) is 48.0 Å². The van der Waals surface area contributed by atoms with Gasteiger partial charge in [0.05, 0.1) is 0 Å². The van der Waals surface area contributed by atoms with Crippen LogP contribution in [0.15, 0.2) is 0 Å². The minimum Gasteiger partial charge on any atom is -0.0654 e. The molecule has 0 saturated carbocycles. The lowest BCUT2D eigenvalue weighted by Crippen LogP contribution is -2.24. The summed E-state index contributed by atoms with van der Waals surface area (Å²) in [5.41, 5.74) is 0.820. The van der Waals surface area contributed by atoms with Crippen LogP contribution in [0.5, 0.6) is 0 Å².